The Morgan fingerprint density at radius 2 is 1.47 bits per heavy atom. The van der Waals surface area contributed by atoms with E-state index >= 15 is 0 Å². The molecule has 8 nitrogen and oxygen atoms in total. The molecule has 0 aromatic rings. The summed E-state index contributed by atoms with van der Waals surface area (Å²) in [5.74, 6) is -1.22. The van der Waals surface area contributed by atoms with Crippen LogP contribution in [0.5, 0.6) is 0 Å². The van der Waals surface area contributed by atoms with Gasteiger partial charge in [-0.15, -0.1) is 0 Å². The van der Waals surface area contributed by atoms with Gasteiger partial charge in [0.15, 0.2) is 0 Å². The largest absolute Gasteiger partial charge is 0.466 e. The Balaban J connectivity index is 1.83. The van der Waals surface area contributed by atoms with Crippen molar-refractivity contribution < 1.29 is 28.5 Å². The van der Waals surface area contributed by atoms with Crippen LogP contribution in [0.15, 0.2) is 0 Å². The Kier molecular flexibility index (Phi) is 9.78. The van der Waals surface area contributed by atoms with Gasteiger partial charge < -0.3 is 18.9 Å². The number of esters is 2. The first-order chi connectivity index (χ1) is 16.2. The molecule has 1 saturated carbocycles. The number of carbonyl (C=O) groups excluding carboxylic acids is 2. The van der Waals surface area contributed by atoms with Gasteiger partial charge in [-0.2, -0.15) is 0 Å². The van der Waals surface area contributed by atoms with Crippen LogP contribution in [0.3, 0.4) is 0 Å². The molecule has 2 heterocycles. The maximum atomic E-state index is 14.0. The minimum absolute atomic E-state index is 0.0766. The molecule has 0 bridgehead atoms. The number of rotatable bonds is 9. The summed E-state index contributed by atoms with van der Waals surface area (Å²) in [7, 11) is 1.75. The van der Waals surface area contributed by atoms with Crippen LogP contribution in [0.25, 0.3) is 0 Å². The fourth-order valence-corrected chi connectivity index (χ4v) is 5.57. The van der Waals surface area contributed by atoms with E-state index in [1.54, 1.807) is 7.11 Å². The Labute approximate surface area is 205 Å². The minimum atomic E-state index is -1.22. The van der Waals surface area contributed by atoms with Crippen molar-refractivity contribution in [1.82, 2.24) is 9.80 Å². The monoisotopic (exact) mass is 482 g/mol. The van der Waals surface area contributed by atoms with Crippen molar-refractivity contribution in [2.24, 2.45) is 11.8 Å². The third-order valence-electron chi connectivity index (χ3n) is 7.27. The van der Waals surface area contributed by atoms with Crippen LogP contribution in [0.1, 0.15) is 79.1 Å². The zero-order valence-electron chi connectivity index (χ0n) is 22.0. The van der Waals surface area contributed by atoms with E-state index < -0.39 is 11.4 Å². The van der Waals surface area contributed by atoms with E-state index in [-0.39, 0.29) is 24.0 Å². The molecule has 8 heteroatoms. The van der Waals surface area contributed by atoms with Gasteiger partial charge in [-0.1, -0.05) is 0 Å². The molecule has 2 aliphatic heterocycles. The van der Waals surface area contributed by atoms with Gasteiger partial charge in [-0.3, -0.25) is 14.6 Å². The standard InChI is InChI=1S/C26H46N2O6/c1-6-32-23(29)21-9-11-22(12-10-21)33-26(27-15-7-8-16-27,24(30)34-25(2,3)4)28-17-13-20(14-18-28)19-31-5/h20-22H,6-19H2,1-5H3. The van der Waals surface area contributed by atoms with Crippen LogP contribution in [-0.4, -0.2) is 85.8 Å². The molecule has 0 N–H and O–H groups in total. The first-order valence-corrected chi connectivity index (χ1v) is 13.3. The number of piperidine rings is 1. The number of hydrogen-bond acceptors (Lipinski definition) is 8. The van der Waals surface area contributed by atoms with Crippen LogP contribution in [0.2, 0.25) is 0 Å². The third-order valence-corrected chi connectivity index (χ3v) is 7.27. The second-order valence-electron chi connectivity index (χ2n) is 11.0. The molecule has 0 radical (unpaired) electrons. The van der Waals surface area contributed by atoms with E-state index in [9.17, 15) is 9.59 Å². The highest BCUT2D eigenvalue weighted by Crippen LogP contribution is 2.38. The van der Waals surface area contributed by atoms with Gasteiger partial charge in [0, 0.05) is 39.9 Å². The first-order valence-electron chi connectivity index (χ1n) is 13.3. The number of nitrogens with zero attached hydrogens (tertiary/aromatic N) is 2. The zero-order valence-corrected chi connectivity index (χ0v) is 22.0. The molecule has 1 atom stereocenters. The predicted octanol–water partition coefficient (Wildman–Crippen LogP) is 3.57. The molecule has 3 rings (SSSR count). The summed E-state index contributed by atoms with van der Waals surface area (Å²) in [6.45, 7) is 11.9. The van der Waals surface area contributed by atoms with Crippen molar-refractivity contribution in [1.29, 1.82) is 0 Å². The van der Waals surface area contributed by atoms with E-state index in [0.717, 1.165) is 84.2 Å². The van der Waals surface area contributed by atoms with E-state index in [2.05, 4.69) is 9.80 Å². The van der Waals surface area contributed by atoms with Gasteiger partial charge in [0.05, 0.1) is 18.6 Å². The predicted molar refractivity (Wildman–Crippen MR) is 129 cm³/mol. The summed E-state index contributed by atoms with van der Waals surface area (Å²) < 4.78 is 23.5. The number of likely N-dealkylation sites (tertiary alicyclic amines) is 2. The maximum absolute atomic E-state index is 14.0. The zero-order chi connectivity index (χ0) is 24.8. The van der Waals surface area contributed by atoms with Crippen molar-refractivity contribution in [3.8, 4) is 0 Å². The maximum Gasteiger partial charge on any atom is 0.371 e. The average molecular weight is 483 g/mol. The fraction of sp³-hybridized carbons (Fsp3) is 0.923. The lowest BCUT2D eigenvalue weighted by Gasteiger charge is -2.51. The number of hydrogen-bond donors (Lipinski definition) is 0. The molecular formula is C26H46N2O6. The molecule has 196 valence electrons. The molecule has 1 unspecified atom stereocenters. The fourth-order valence-electron chi connectivity index (χ4n) is 5.57. The van der Waals surface area contributed by atoms with Crippen molar-refractivity contribution in [3.05, 3.63) is 0 Å². The van der Waals surface area contributed by atoms with Crippen molar-refractivity contribution in [3.63, 3.8) is 0 Å². The highest BCUT2D eigenvalue weighted by atomic mass is 16.6. The molecule has 34 heavy (non-hydrogen) atoms. The molecule has 1 aliphatic carbocycles. The lowest BCUT2D eigenvalue weighted by atomic mass is 9.87. The Morgan fingerprint density at radius 3 is 2.00 bits per heavy atom. The van der Waals surface area contributed by atoms with Crippen LogP contribution in [0.4, 0.5) is 0 Å². The van der Waals surface area contributed by atoms with Gasteiger partial charge in [0.2, 0.25) is 0 Å². The summed E-state index contributed by atoms with van der Waals surface area (Å²) in [4.78, 5) is 30.6. The second kappa shape index (κ2) is 12.2. The van der Waals surface area contributed by atoms with Gasteiger partial charge in [0.1, 0.15) is 5.60 Å². The summed E-state index contributed by atoms with van der Waals surface area (Å²) in [6.07, 6.45) is 6.84. The third kappa shape index (κ3) is 6.71. The van der Waals surface area contributed by atoms with Gasteiger partial charge in [-0.25, -0.2) is 4.79 Å². The number of ether oxygens (including phenoxy) is 4. The smallest absolute Gasteiger partial charge is 0.371 e. The summed E-state index contributed by atoms with van der Waals surface area (Å²) in [5.41, 5.74) is -0.610. The normalized spacial score (nSPS) is 27.3. The molecule has 0 amide bonds. The van der Waals surface area contributed by atoms with Crippen LogP contribution in [-0.2, 0) is 28.5 Å². The highest BCUT2D eigenvalue weighted by Gasteiger charge is 2.55. The first kappa shape index (κ1) is 27.4. The average Bonchev–Trinajstić information content (AvgIpc) is 3.33. The molecule has 2 saturated heterocycles. The van der Waals surface area contributed by atoms with E-state index in [4.69, 9.17) is 18.9 Å². The van der Waals surface area contributed by atoms with Crippen LogP contribution < -0.4 is 0 Å². The number of carbonyl (C=O) groups is 2. The SMILES string of the molecule is CCOC(=O)C1CCC(OC(C(=O)OC(C)(C)C)(N2CCCC2)N2CCC(COC)CC2)CC1. The van der Waals surface area contributed by atoms with Crippen molar-refractivity contribution in [2.45, 2.75) is 96.6 Å². The lowest BCUT2D eigenvalue weighted by Crippen LogP contribution is -2.69. The second-order valence-corrected chi connectivity index (χ2v) is 11.0. The molecule has 0 spiro atoms. The van der Waals surface area contributed by atoms with Crippen molar-refractivity contribution in [2.75, 3.05) is 46.5 Å². The molecule has 0 aromatic carbocycles. The summed E-state index contributed by atoms with van der Waals surface area (Å²) >= 11 is 0. The van der Waals surface area contributed by atoms with E-state index in [0.29, 0.717) is 12.5 Å². The van der Waals surface area contributed by atoms with E-state index in [1.807, 2.05) is 27.7 Å². The topological polar surface area (TPSA) is 77.5 Å². The molecular weight excluding hydrogens is 436 g/mol. The molecule has 3 fully saturated rings. The lowest BCUT2D eigenvalue weighted by molar-refractivity contribution is -0.281. The highest BCUT2D eigenvalue weighted by molar-refractivity contribution is 5.79. The Bertz CT molecular complexity index is 659. The Morgan fingerprint density at radius 1 is 0.882 bits per heavy atom. The van der Waals surface area contributed by atoms with Crippen LogP contribution in [0, 0.1) is 11.8 Å². The van der Waals surface area contributed by atoms with Crippen LogP contribution >= 0.6 is 0 Å². The number of methoxy groups -OCH3 is 1. The van der Waals surface area contributed by atoms with Crippen molar-refractivity contribution >= 4 is 11.9 Å². The van der Waals surface area contributed by atoms with Gasteiger partial charge >= 0.3 is 11.9 Å². The summed E-state index contributed by atoms with van der Waals surface area (Å²) in [6, 6.07) is 0. The molecule has 3 aliphatic rings. The quantitative estimate of drug-likeness (QED) is 0.462. The summed E-state index contributed by atoms with van der Waals surface area (Å²) in [5, 5.41) is 0. The molecule has 0 aromatic heterocycles. The van der Waals surface area contributed by atoms with E-state index in [1.165, 1.54) is 0 Å². The minimum Gasteiger partial charge on any atom is -0.466 e. The van der Waals surface area contributed by atoms with Gasteiger partial charge in [0.25, 0.3) is 5.85 Å². The Hall–Kier alpha value is -1.22. The van der Waals surface area contributed by atoms with Gasteiger partial charge in [-0.05, 0) is 85.0 Å².